The largest absolute Gasteiger partial charge is 0.462 e. The Hall–Kier alpha value is -1.59. The molecule has 0 aromatic rings. The molecule has 0 unspecified atom stereocenters. The maximum atomic E-state index is 12.8. The minimum Gasteiger partial charge on any atom is -0.462 e. The van der Waals surface area contributed by atoms with E-state index in [1.54, 1.807) is 0 Å². The molecule has 0 N–H and O–H groups in total. The fourth-order valence-corrected chi connectivity index (χ4v) is 7.99. The first-order valence-corrected chi connectivity index (χ1v) is 26.2. The van der Waals surface area contributed by atoms with Gasteiger partial charge in [-0.3, -0.25) is 14.4 Å². The summed E-state index contributed by atoms with van der Waals surface area (Å²) >= 11 is 0. The molecule has 59 heavy (non-hydrogen) atoms. The van der Waals surface area contributed by atoms with Gasteiger partial charge in [0.2, 0.25) is 0 Å². The minimum atomic E-state index is -0.761. The first kappa shape index (κ1) is 57.4. The monoisotopic (exact) mass is 835 g/mol. The van der Waals surface area contributed by atoms with Crippen LogP contribution >= 0.6 is 0 Å². The van der Waals surface area contributed by atoms with Crippen molar-refractivity contribution in [1.82, 2.24) is 0 Å². The molecule has 0 aromatic carbocycles. The molecule has 0 rings (SSSR count). The lowest BCUT2D eigenvalue weighted by atomic mass is 10.0. The van der Waals surface area contributed by atoms with Gasteiger partial charge in [0.25, 0.3) is 0 Å². The average Bonchev–Trinajstić information content (AvgIpc) is 3.20. The van der Waals surface area contributed by atoms with Gasteiger partial charge in [-0.1, -0.05) is 253 Å². The van der Waals surface area contributed by atoms with Crippen LogP contribution < -0.4 is 0 Å². The zero-order chi connectivity index (χ0) is 43.3. The number of ether oxygens (including phenoxy) is 3. The topological polar surface area (TPSA) is 78.9 Å². The summed E-state index contributed by atoms with van der Waals surface area (Å²) in [5, 5.41) is 0. The van der Waals surface area contributed by atoms with E-state index < -0.39 is 6.10 Å². The molecule has 0 saturated carbocycles. The van der Waals surface area contributed by atoms with Crippen molar-refractivity contribution in [3.63, 3.8) is 0 Å². The van der Waals surface area contributed by atoms with E-state index in [9.17, 15) is 14.4 Å². The summed E-state index contributed by atoms with van der Waals surface area (Å²) in [7, 11) is 0. The number of carbonyl (C=O) groups excluding carboxylic acids is 3. The molecular formula is C53H102O6. The molecule has 1 atom stereocenters. The smallest absolute Gasteiger partial charge is 0.306 e. The van der Waals surface area contributed by atoms with Crippen LogP contribution in [0, 0.1) is 11.8 Å². The van der Waals surface area contributed by atoms with Crippen molar-refractivity contribution in [2.45, 2.75) is 298 Å². The van der Waals surface area contributed by atoms with E-state index >= 15 is 0 Å². The molecule has 0 aliphatic rings. The Balaban J connectivity index is 4.30. The van der Waals surface area contributed by atoms with E-state index in [1.165, 1.54) is 180 Å². The fourth-order valence-electron chi connectivity index (χ4n) is 7.99. The van der Waals surface area contributed by atoms with Crippen molar-refractivity contribution in [2.75, 3.05) is 13.2 Å². The molecule has 0 bridgehead atoms. The Kier molecular flexibility index (Phi) is 44.7. The minimum absolute atomic E-state index is 0.0635. The van der Waals surface area contributed by atoms with Crippen molar-refractivity contribution < 1.29 is 28.6 Å². The summed E-state index contributed by atoms with van der Waals surface area (Å²) in [4.78, 5) is 37.9. The molecule has 0 fully saturated rings. The number of carbonyl (C=O) groups is 3. The van der Waals surface area contributed by atoms with E-state index in [4.69, 9.17) is 14.2 Å². The van der Waals surface area contributed by atoms with Crippen LogP contribution in [0.4, 0.5) is 0 Å². The SMILES string of the molecule is CCCCCCCCCCCCCCC(=O)O[C@@H](COC(=O)CCCCCCCCCCCCCCC(C)C)COC(=O)CCCCCCCCCCCCCC(C)C. The molecule has 0 amide bonds. The van der Waals surface area contributed by atoms with Crippen LogP contribution in [0.2, 0.25) is 0 Å². The van der Waals surface area contributed by atoms with Gasteiger partial charge in [-0.2, -0.15) is 0 Å². The third kappa shape index (κ3) is 47.3. The molecule has 0 aliphatic carbocycles. The maximum Gasteiger partial charge on any atom is 0.306 e. The highest BCUT2D eigenvalue weighted by Crippen LogP contribution is 2.17. The Morgan fingerprint density at radius 1 is 0.322 bits per heavy atom. The third-order valence-electron chi connectivity index (χ3n) is 12.0. The molecule has 0 radical (unpaired) electrons. The highest BCUT2D eigenvalue weighted by atomic mass is 16.6. The van der Waals surface area contributed by atoms with Crippen molar-refractivity contribution in [2.24, 2.45) is 11.8 Å². The summed E-state index contributed by atoms with van der Waals surface area (Å²) < 4.78 is 16.8. The average molecular weight is 835 g/mol. The van der Waals surface area contributed by atoms with Crippen LogP contribution in [0.5, 0.6) is 0 Å². The Morgan fingerprint density at radius 3 is 0.831 bits per heavy atom. The van der Waals surface area contributed by atoms with E-state index in [2.05, 4.69) is 34.6 Å². The van der Waals surface area contributed by atoms with E-state index in [0.29, 0.717) is 19.3 Å². The van der Waals surface area contributed by atoms with Crippen LogP contribution in [0.3, 0.4) is 0 Å². The Bertz CT molecular complexity index is 900. The molecule has 0 aliphatic heterocycles. The predicted octanol–water partition coefficient (Wildman–Crippen LogP) is 16.9. The van der Waals surface area contributed by atoms with Crippen molar-refractivity contribution in [3.8, 4) is 0 Å². The summed E-state index contributed by atoms with van der Waals surface area (Å²) in [6.45, 7) is 11.4. The molecule has 350 valence electrons. The first-order valence-electron chi connectivity index (χ1n) is 26.2. The predicted molar refractivity (Wildman–Crippen MR) is 252 cm³/mol. The van der Waals surface area contributed by atoms with Crippen LogP contribution in [-0.2, 0) is 28.6 Å². The van der Waals surface area contributed by atoms with Crippen LogP contribution in [0.15, 0.2) is 0 Å². The molecule has 0 aromatic heterocycles. The van der Waals surface area contributed by atoms with Gasteiger partial charge in [-0.15, -0.1) is 0 Å². The lowest BCUT2D eigenvalue weighted by Crippen LogP contribution is -2.30. The maximum absolute atomic E-state index is 12.8. The van der Waals surface area contributed by atoms with E-state index in [-0.39, 0.29) is 31.1 Å². The van der Waals surface area contributed by atoms with Crippen molar-refractivity contribution >= 4 is 17.9 Å². The second-order valence-electron chi connectivity index (χ2n) is 19.1. The second kappa shape index (κ2) is 45.9. The summed E-state index contributed by atoms with van der Waals surface area (Å²) in [6.07, 6.45) is 46.5. The normalized spacial score (nSPS) is 12.1. The molecule has 0 heterocycles. The lowest BCUT2D eigenvalue weighted by molar-refractivity contribution is -0.167. The zero-order valence-corrected chi connectivity index (χ0v) is 40.4. The quantitative estimate of drug-likeness (QED) is 0.0345. The van der Waals surface area contributed by atoms with Gasteiger partial charge in [0.15, 0.2) is 6.10 Å². The van der Waals surface area contributed by atoms with E-state index in [1.807, 2.05) is 0 Å². The zero-order valence-electron chi connectivity index (χ0n) is 40.4. The van der Waals surface area contributed by atoms with Crippen LogP contribution in [-0.4, -0.2) is 37.2 Å². The van der Waals surface area contributed by atoms with Gasteiger partial charge in [0, 0.05) is 19.3 Å². The van der Waals surface area contributed by atoms with Gasteiger partial charge >= 0.3 is 17.9 Å². The summed E-state index contributed by atoms with van der Waals surface area (Å²) in [5.41, 5.74) is 0. The Morgan fingerprint density at radius 2 is 0.559 bits per heavy atom. The van der Waals surface area contributed by atoms with Gasteiger partial charge in [0.05, 0.1) is 0 Å². The molecular weight excluding hydrogens is 733 g/mol. The highest BCUT2D eigenvalue weighted by Gasteiger charge is 2.19. The fraction of sp³-hybridized carbons (Fsp3) is 0.943. The molecule has 0 saturated heterocycles. The van der Waals surface area contributed by atoms with Gasteiger partial charge < -0.3 is 14.2 Å². The third-order valence-corrected chi connectivity index (χ3v) is 12.0. The Labute approximate surface area is 368 Å². The van der Waals surface area contributed by atoms with Crippen molar-refractivity contribution in [3.05, 3.63) is 0 Å². The summed E-state index contributed by atoms with van der Waals surface area (Å²) in [6, 6.07) is 0. The van der Waals surface area contributed by atoms with E-state index in [0.717, 1.165) is 69.6 Å². The number of esters is 3. The van der Waals surface area contributed by atoms with Crippen LogP contribution in [0.1, 0.15) is 291 Å². The molecule has 6 heteroatoms. The molecule has 0 spiro atoms. The number of unbranched alkanes of at least 4 members (excludes halogenated alkanes) is 32. The van der Waals surface area contributed by atoms with Crippen molar-refractivity contribution in [1.29, 1.82) is 0 Å². The summed E-state index contributed by atoms with van der Waals surface area (Å²) in [5.74, 6) is 0.814. The van der Waals surface area contributed by atoms with Gasteiger partial charge in [-0.25, -0.2) is 0 Å². The number of hydrogen-bond donors (Lipinski definition) is 0. The number of hydrogen-bond acceptors (Lipinski definition) is 6. The van der Waals surface area contributed by atoms with Crippen LogP contribution in [0.25, 0.3) is 0 Å². The highest BCUT2D eigenvalue weighted by molar-refractivity contribution is 5.71. The molecule has 6 nitrogen and oxygen atoms in total. The second-order valence-corrected chi connectivity index (χ2v) is 19.1. The number of rotatable bonds is 47. The van der Waals surface area contributed by atoms with Gasteiger partial charge in [0.1, 0.15) is 13.2 Å². The standard InChI is InChI=1S/C53H102O6/c1-6-7-8-9-10-11-12-18-25-30-35-40-45-53(56)59-50(47-58-52(55)44-39-34-29-24-20-15-17-22-27-32-37-42-49(4)5)46-57-51(54)43-38-33-28-23-19-14-13-16-21-26-31-36-41-48(2)3/h48-50H,6-47H2,1-5H3/t50-/m0/s1. The van der Waals surface area contributed by atoms with Gasteiger partial charge in [-0.05, 0) is 31.1 Å². The lowest BCUT2D eigenvalue weighted by Gasteiger charge is -2.18. The first-order chi connectivity index (χ1) is 28.7.